The molecular weight excluding hydrogens is 250 g/mol. The third-order valence-electron chi connectivity index (χ3n) is 3.04. The van der Waals surface area contributed by atoms with Gasteiger partial charge < -0.3 is 10.0 Å². The van der Waals surface area contributed by atoms with E-state index in [0.717, 1.165) is 29.3 Å². The van der Waals surface area contributed by atoms with Crippen LogP contribution in [0.4, 0.5) is 0 Å². The second-order valence-electron chi connectivity index (χ2n) is 4.24. The summed E-state index contributed by atoms with van der Waals surface area (Å²) in [5.74, 6) is 0.625. The van der Waals surface area contributed by atoms with E-state index in [1.54, 1.807) is 11.8 Å². The van der Waals surface area contributed by atoms with Crippen LogP contribution >= 0.6 is 24.0 Å². The zero-order chi connectivity index (χ0) is 12.3. The van der Waals surface area contributed by atoms with Gasteiger partial charge in [-0.2, -0.15) is 0 Å². The summed E-state index contributed by atoms with van der Waals surface area (Å²) in [6.45, 7) is 2.97. The Kier molecular flexibility index (Phi) is 4.07. The third kappa shape index (κ3) is 2.49. The number of rotatable bonds is 4. The standard InChI is InChI=1S/C13H17NOS2/c1-2-3-9-14-12(16)17-10-13(14,15)11-7-5-4-6-8-11/h4-8,15H,2-3,9-10H2,1H3. The molecule has 1 fully saturated rings. The van der Waals surface area contributed by atoms with Gasteiger partial charge in [-0.05, 0) is 6.42 Å². The molecule has 0 bridgehead atoms. The highest BCUT2D eigenvalue weighted by Gasteiger charge is 2.43. The predicted octanol–water partition coefficient (Wildman–Crippen LogP) is 2.97. The Balaban J connectivity index is 2.26. The molecule has 1 aliphatic heterocycles. The summed E-state index contributed by atoms with van der Waals surface area (Å²) < 4.78 is 0.810. The second kappa shape index (κ2) is 5.38. The van der Waals surface area contributed by atoms with Gasteiger partial charge >= 0.3 is 0 Å². The molecule has 1 saturated heterocycles. The Bertz CT molecular complexity index is 396. The van der Waals surface area contributed by atoms with Crippen LogP contribution in [0.3, 0.4) is 0 Å². The fourth-order valence-corrected chi connectivity index (χ4v) is 3.47. The zero-order valence-corrected chi connectivity index (χ0v) is 11.6. The van der Waals surface area contributed by atoms with Crippen molar-refractivity contribution in [2.24, 2.45) is 0 Å². The number of nitrogens with zero attached hydrogens (tertiary/aromatic N) is 1. The largest absolute Gasteiger partial charge is 0.366 e. The van der Waals surface area contributed by atoms with Crippen LogP contribution in [0.25, 0.3) is 0 Å². The minimum absolute atomic E-state index is 0.625. The molecule has 1 N–H and O–H groups in total. The molecule has 1 aliphatic rings. The van der Waals surface area contributed by atoms with Crippen LogP contribution < -0.4 is 0 Å². The molecule has 2 rings (SSSR count). The van der Waals surface area contributed by atoms with E-state index in [1.165, 1.54) is 0 Å². The molecule has 1 unspecified atom stereocenters. The zero-order valence-electron chi connectivity index (χ0n) is 9.93. The topological polar surface area (TPSA) is 23.5 Å². The van der Waals surface area contributed by atoms with Gasteiger partial charge in [0.1, 0.15) is 4.32 Å². The summed E-state index contributed by atoms with van der Waals surface area (Å²) in [6, 6.07) is 9.80. The van der Waals surface area contributed by atoms with Gasteiger partial charge in [-0.15, -0.1) is 0 Å². The molecule has 92 valence electrons. The number of benzene rings is 1. The van der Waals surface area contributed by atoms with Crippen LogP contribution in [0.5, 0.6) is 0 Å². The van der Waals surface area contributed by atoms with Crippen molar-refractivity contribution in [2.45, 2.75) is 25.5 Å². The minimum Gasteiger partial charge on any atom is -0.366 e. The van der Waals surface area contributed by atoms with E-state index in [-0.39, 0.29) is 0 Å². The molecule has 1 heterocycles. The number of thiocarbonyl (C=S) groups is 1. The quantitative estimate of drug-likeness (QED) is 0.847. The molecule has 2 nitrogen and oxygen atoms in total. The van der Waals surface area contributed by atoms with Crippen LogP contribution in [0.1, 0.15) is 25.3 Å². The van der Waals surface area contributed by atoms with Crippen molar-refractivity contribution in [3.05, 3.63) is 35.9 Å². The molecule has 17 heavy (non-hydrogen) atoms. The first kappa shape index (κ1) is 12.9. The fourth-order valence-electron chi connectivity index (χ4n) is 2.01. The summed E-state index contributed by atoms with van der Waals surface area (Å²) >= 11 is 6.90. The van der Waals surface area contributed by atoms with Gasteiger partial charge in [0.15, 0.2) is 5.72 Å². The van der Waals surface area contributed by atoms with Crippen LogP contribution in [0.15, 0.2) is 30.3 Å². The molecule has 0 spiro atoms. The molecular formula is C13H17NOS2. The first-order chi connectivity index (χ1) is 8.18. The molecule has 1 atom stereocenters. The highest BCUT2D eigenvalue weighted by Crippen LogP contribution is 2.39. The molecule has 0 aromatic heterocycles. The monoisotopic (exact) mass is 267 g/mol. The first-order valence-corrected chi connectivity index (χ1v) is 7.30. The van der Waals surface area contributed by atoms with Gasteiger partial charge in [0.05, 0.1) is 5.75 Å². The highest BCUT2D eigenvalue weighted by atomic mass is 32.2. The molecule has 0 saturated carbocycles. The van der Waals surface area contributed by atoms with Crippen molar-refractivity contribution in [3.8, 4) is 0 Å². The van der Waals surface area contributed by atoms with Crippen molar-refractivity contribution < 1.29 is 5.11 Å². The first-order valence-electron chi connectivity index (χ1n) is 5.91. The SMILES string of the molecule is CCCCN1C(=S)SCC1(O)c1ccccc1. The lowest BCUT2D eigenvalue weighted by atomic mass is 10.0. The Labute approximate surface area is 112 Å². The molecule has 4 heteroatoms. The number of unbranched alkanes of at least 4 members (excludes halogenated alkanes) is 1. The van der Waals surface area contributed by atoms with E-state index in [0.29, 0.717) is 5.75 Å². The smallest absolute Gasteiger partial charge is 0.175 e. The Morgan fingerprint density at radius 3 is 2.76 bits per heavy atom. The number of thioether (sulfide) groups is 1. The van der Waals surface area contributed by atoms with E-state index in [1.807, 2.05) is 35.2 Å². The van der Waals surface area contributed by atoms with E-state index < -0.39 is 5.72 Å². The van der Waals surface area contributed by atoms with E-state index in [9.17, 15) is 5.11 Å². The molecule has 1 aromatic rings. The summed E-state index contributed by atoms with van der Waals surface area (Å²) in [7, 11) is 0. The highest BCUT2D eigenvalue weighted by molar-refractivity contribution is 8.23. The molecule has 1 aromatic carbocycles. The molecule has 0 amide bonds. The number of aliphatic hydroxyl groups is 1. The number of hydrogen-bond donors (Lipinski definition) is 1. The van der Waals surface area contributed by atoms with Crippen molar-refractivity contribution >= 4 is 28.3 Å². The normalized spacial score (nSPS) is 24.4. The van der Waals surface area contributed by atoms with Crippen LogP contribution in [0, 0.1) is 0 Å². The van der Waals surface area contributed by atoms with Gasteiger partial charge in [-0.3, -0.25) is 0 Å². The van der Waals surface area contributed by atoms with E-state index >= 15 is 0 Å². The van der Waals surface area contributed by atoms with Crippen LogP contribution in [0.2, 0.25) is 0 Å². The lowest BCUT2D eigenvalue weighted by Crippen LogP contribution is -2.44. The van der Waals surface area contributed by atoms with Gasteiger partial charge in [-0.25, -0.2) is 0 Å². The van der Waals surface area contributed by atoms with Crippen LogP contribution in [-0.2, 0) is 5.72 Å². The summed E-state index contributed by atoms with van der Waals surface area (Å²) in [4.78, 5) is 1.96. The number of hydrogen-bond acceptors (Lipinski definition) is 3. The maximum absolute atomic E-state index is 10.8. The maximum Gasteiger partial charge on any atom is 0.175 e. The van der Waals surface area contributed by atoms with Crippen molar-refractivity contribution in [1.82, 2.24) is 4.90 Å². The summed E-state index contributed by atoms with van der Waals surface area (Å²) in [5.41, 5.74) is 0.0153. The molecule has 0 radical (unpaired) electrons. The minimum atomic E-state index is -0.918. The average Bonchev–Trinajstić information content (AvgIpc) is 2.65. The van der Waals surface area contributed by atoms with E-state index in [4.69, 9.17) is 12.2 Å². The van der Waals surface area contributed by atoms with Gasteiger partial charge in [0.2, 0.25) is 0 Å². The maximum atomic E-state index is 10.8. The van der Waals surface area contributed by atoms with Crippen molar-refractivity contribution in [1.29, 1.82) is 0 Å². The molecule has 0 aliphatic carbocycles. The van der Waals surface area contributed by atoms with E-state index in [2.05, 4.69) is 6.92 Å². The fraction of sp³-hybridized carbons (Fsp3) is 0.462. The Morgan fingerprint density at radius 2 is 2.12 bits per heavy atom. The average molecular weight is 267 g/mol. The predicted molar refractivity (Wildman–Crippen MR) is 77.0 cm³/mol. The second-order valence-corrected chi connectivity index (χ2v) is 5.85. The lowest BCUT2D eigenvalue weighted by molar-refractivity contribution is -0.0469. The van der Waals surface area contributed by atoms with Crippen molar-refractivity contribution in [2.75, 3.05) is 12.3 Å². The Morgan fingerprint density at radius 1 is 1.41 bits per heavy atom. The third-order valence-corrected chi connectivity index (χ3v) is 4.62. The lowest BCUT2D eigenvalue weighted by Gasteiger charge is -2.34. The van der Waals surface area contributed by atoms with Gasteiger partial charge in [0, 0.05) is 12.1 Å². The van der Waals surface area contributed by atoms with Crippen LogP contribution in [-0.4, -0.2) is 26.6 Å². The Hall–Kier alpha value is -0.580. The van der Waals surface area contributed by atoms with Gasteiger partial charge in [0.25, 0.3) is 0 Å². The van der Waals surface area contributed by atoms with Crippen molar-refractivity contribution in [3.63, 3.8) is 0 Å². The summed E-state index contributed by atoms with van der Waals surface area (Å²) in [5, 5.41) is 10.8. The van der Waals surface area contributed by atoms with Gasteiger partial charge in [-0.1, -0.05) is 67.7 Å². The summed E-state index contributed by atoms with van der Waals surface area (Å²) in [6.07, 6.45) is 2.16.